The average Bonchev–Trinajstić information content (AvgIpc) is 3.09. The van der Waals surface area contributed by atoms with Gasteiger partial charge in [0, 0.05) is 38.1 Å². The van der Waals surface area contributed by atoms with Gasteiger partial charge < -0.3 is 14.5 Å². The highest BCUT2D eigenvalue weighted by Gasteiger charge is 2.33. The zero-order valence-electron chi connectivity index (χ0n) is 19.7. The molecule has 1 saturated heterocycles. The molecule has 1 aliphatic rings. The monoisotopic (exact) mass is 476 g/mol. The van der Waals surface area contributed by atoms with Crippen LogP contribution in [0.15, 0.2) is 30.9 Å². The number of rotatable bonds is 2. The van der Waals surface area contributed by atoms with Gasteiger partial charge in [0.2, 0.25) is 0 Å². The molecule has 0 bridgehead atoms. The Balaban J connectivity index is 1.66. The zero-order chi connectivity index (χ0) is 24.8. The Kier molecular flexibility index (Phi) is 5.91. The lowest BCUT2D eigenvalue weighted by Crippen LogP contribution is -2.54. The van der Waals surface area contributed by atoms with Crippen molar-refractivity contribution in [3.05, 3.63) is 42.0 Å². The molecule has 1 fully saturated rings. The molecule has 1 atom stereocenters. The van der Waals surface area contributed by atoms with Crippen LogP contribution >= 0.6 is 0 Å². The first-order chi connectivity index (χ1) is 15.8. The van der Waals surface area contributed by atoms with Crippen LogP contribution in [-0.4, -0.2) is 61.8 Å². The van der Waals surface area contributed by atoms with E-state index in [9.17, 15) is 18.0 Å². The number of aryl methyl sites for hydroxylation is 1. The minimum Gasteiger partial charge on any atom is -0.444 e. The summed E-state index contributed by atoms with van der Waals surface area (Å²) in [7, 11) is 0. The third-order valence-corrected chi connectivity index (χ3v) is 5.62. The number of carbonyl (C=O) groups is 1. The first kappa shape index (κ1) is 23.8. The molecule has 0 saturated carbocycles. The van der Waals surface area contributed by atoms with E-state index in [1.165, 1.54) is 6.33 Å². The van der Waals surface area contributed by atoms with Crippen LogP contribution in [-0.2, 0) is 10.9 Å². The van der Waals surface area contributed by atoms with Gasteiger partial charge in [-0.15, -0.1) is 0 Å². The highest BCUT2D eigenvalue weighted by atomic mass is 19.4. The molecule has 0 spiro atoms. The largest absolute Gasteiger partial charge is 0.444 e. The topological polar surface area (TPSA) is 76.4 Å². The van der Waals surface area contributed by atoms with E-state index in [1.807, 2.05) is 34.6 Å². The van der Waals surface area contributed by atoms with Crippen molar-refractivity contribution in [2.24, 2.45) is 0 Å². The maximum absolute atomic E-state index is 13.2. The van der Waals surface area contributed by atoms with E-state index in [0.29, 0.717) is 31.1 Å². The Morgan fingerprint density at radius 3 is 2.53 bits per heavy atom. The molecule has 0 radical (unpaired) electrons. The second kappa shape index (κ2) is 8.44. The third-order valence-electron chi connectivity index (χ3n) is 5.62. The summed E-state index contributed by atoms with van der Waals surface area (Å²) in [6.07, 6.45) is -0.579. The number of alkyl halides is 3. The molecule has 0 aliphatic carbocycles. The summed E-state index contributed by atoms with van der Waals surface area (Å²) in [5.41, 5.74) is -0.0749. The fourth-order valence-corrected chi connectivity index (χ4v) is 4.11. The van der Waals surface area contributed by atoms with Crippen molar-refractivity contribution < 1.29 is 22.7 Å². The lowest BCUT2D eigenvalue weighted by molar-refractivity contribution is -0.137. The normalized spacial score (nSPS) is 17.4. The maximum atomic E-state index is 13.2. The number of halogens is 3. The summed E-state index contributed by atoms with van der Waals surface area (Å²) in [5.74, 6) is 0.796. The number of ether oxygens (including phenoxy) is 1. The predicted molar refractivity (Wildman–Crippen MR) is 121 cm³/mol. The fraction of sp³-hybridized carbons (Fsp3) is 0.478. The SMILES string of the molecule is Cc1cn(-c2cc(C(F)(F)F)ccn2)c2ncnc(N3CCN(C(=O)OC(C)(C)C)C[C@@H]3C)c12. The number of pyridine rings is 1. The molecular formula is C23H27F3N6O2. The van der Waals surface area contributed by atoms with Crippen molar-refractivity contribution in [3.8, 4) is 5.82 Å². The van der Waals surface area contributed by atoms with Gasteiger partial charge in [-0.05, 0) is 52.3 Å². The molecule has 3 aromatic heterocycles. The van der Waals surface area contributed by atoms with Crippen molar-refractivity contribution >= 4 is 22.9 Å². The quantitative estimate of drug-likeness (QED) is 0.539. The Hall–Kier alpha value is -3.37. The van der Waals surface area contributed by atoms with Crippen LogP contribution in [0.3, 0.4) is 0 Å². The van der Waals surface area contributed by atoms with Crippen LogP contribution in [0.25, 0.3) is 16.9 Å². The Bertz CT molecular complexity index is 1220. The van der Waals surface area contributed by atoms with Crippen molar-refractivity contribution in [2.75, 3.05) is 24.5 Å². The number of nitrogens with zero attached hydrogens (tertiary/aromatic N) is 6. The Morgan fingerprint density at radius 2 is 1.88 bits per heavy atom. The molecule has 1 amide bonds. The van der Waals surface area contributed by atoms with Gasteiger partial charge in [-0.1, -0.05) is 0 Å². The van der Waals surface area contributed by atoms with Crippen molar-refractivity contribution in [3.63, 3.8) is 0 Å². The highest BCUT2D eigenvalue weighted by molar-refractivity contribution is 5.92. The lowest BCUT2D eigenvalue weighted by Gasteiger charge is -2.41. The first-order valence-corrected chi connectivity index (χ1v) is 11.0. The minimum absolute atomic E-state index is 0.0613. The second-order valence-electron chi connectivity index (χ2n) is 9.45. The van der Waals surface area contributed by atoms with Gasteiger partial charge in [-0.2, -0.15) is 13.2 Å². The molecule has 0 N–H and O–H groups in total. The van der Waals surface area contributed by atoms with E-state index in [2.05, 4.69) is 19.9 Å². The van der Waals surface area contributed by atoms with E-state index >= 15 is 0 Å². The molecule has 8 nitrogen and oxygen atoms in total. The standard InChI is InChI=1S/C23H27F3N6O2/c1-14-11-32(17-10-16(6-7-27-17)23(24,25)26)20-18(14)19(28-13-29-20)31-9-8-30(12-15(31)2)21(33)34-22(3,4)5/h6-7,10-11,13,15H,8-9,12H2,1-5H3/t15-/m0/s1. The van der Waals surface area contributed by atoms with Gasteiger partial charge in [0.05, 0.1) is 10.9 Å². The molecule has 182 valence electrons. The average molecular weight is 477 g/mol. The van der Waals surface area contributed by atoms with Crippen molar-refractivity contribution in [1.82, 2.24) is 24.4 Å². The first-order valence-electron chi connectivity index (χ1n) is 11.0. The number of carbonyl (C=O) groups excluding carboxylic acids is 1. The third kappa shape index (κ3) is 4.64. The van der Waals surface area contributed by atoms with Gasteiger partial charge in [0.25, 0.3) is 0 Å². The smallest absolute Gasteiger partial charge is 0.416 e. The molecule has 0 aromatic carbocycles. The van der Waals surface area contributed by atoms with Crippen molar-refractivity contribution in [2.45, 2.75) is 52.4 Å². The van der Waals surface area contributed by atoms with E-state index < -0.39 is 17.3 Å². The summed E-state index contributed by atoms with van der Waals surface area (Å²) >= 11 is 0. The molecule has 34 heavy (non-hydrogen) atoms. The number of anilines is 1. The lowest BCUT2D eigenvalue weighted by atomic mass is 10.1. The molecular weight excluding hydrogens is 449 g/mol. The van der Waals surface area contributed by atoms with E-state index in [4.69, 9.17) is 4.74 Å². The molecule has 0 unspecified atom stereocenters. The number of aromatic nitrogens is 4. The molecule has 3 aromatic rings. The summed E-state index contributed by atoms with van der Waals surface area (Å²) in [5, 5.41) is 0.735. The molecule has 1 aliphatic heterocycles. The van der Waals surface area contributed by atoms with Gasteiger partial charge >= 0.3 is 12.3 Å². The highest BCUT2D eigenvalue weighted by Crippen LogP contribution is 2.33. The van der Waals surface area contributed by atoms with Crippen LogP contribution in [0, 0.1) is 6.92 Å². The zero-order valence-corrected chi connectivity index (χ0v) is 19.7. The van der Waals surface area contributed by atoms with Crippen LogP contribution < -0.4 is 4.90 Å². The van der Waals surface area contributed by atoms with E-state index in [0.717, 1.165) is 29.3 Å². The summed E-state index contributed by atoms with van der Waals surface area (Å²) in [4.78, 5) is 29.2. The number of fused-ring (bicyclic) bond motifs is 1. The van der Waals surface area contributed by atoms with Gasteiger partial charge in [0.15, 0.2) is 5.65 Å². The van der Waals surface area contributed by atoms with Crippen LogP contribution in [0.5, 0.6) is 0 Å². The van der Waals surface area contributed by atoms with Gasteiger partial charge in [-0.25, -0.2) is 19.7 Å². The number of piperazine rings is 1. The molecule has 4 heterocycles. The van der Waals surface area contributed by atoms with Crippen LogP contribution in [0.2, 0.25) is 0 Å². The maximum Gasteiger partial charge on any atom is 0.416 e. The number of hydrogen-bond acceptors (Lipinski definition) is 6. The Morgan fingerprint density at radius 1 is 1.15 bits per heavy atom. The second-order valence-corrected chi connectivity index (χ2v) is 9.45. The van der Waals surface area contributed by atoms with Crippen molar-refractivity contribution in [1.29, 1.82) is 0 Å². The molecule has 4 rings (SSSR count). The fourth-order valence-electron chi connectivity index (χ4n) is 4.11. The predicted octanol–water partition coefficient (Wildman–Crippen LogP) is 4.59. The summed E-state index contributed by atoms with van der Waals surface area (Å²) < 4.78 is 46.7. The number of hydrogen-bond donors (Lipinski definition) is 0. The van der Waals surface area contributed by atoms with Gasteiger partial charge in [-0.3, -0.25) is 4.57 Å². The summed E-state index contributed by atoms with van der Waals surface area (Å²) in [6, 6.07) is 1.88. The van der Waals surface area contributed by atoms with E-state index in [1.54, 1.807) is 15.7 Å². The molecule has 11 heteroatoms. The van der Waals surface area contributed by atoms with E-state index in [-0.39, 0.29) is 18.0 Å². The van der Waals surface area contributed by atoms with Crippen LogP contribution in [0.1, 0.15) is 38.8 Å². The summed E-state index contributed by atoms with van der Waals surface area (Å²) in [6.45, 7) is 10.8. The van der Waals surface area contributed by atoms with Crippen LogP contribution in [0.4, 0.5) is 23.8 Å². The van der Waals surface area contributed by atoms with Gasteiger partial charge in [0.1, 0.15) is 23.6 Å². The number of amides is 1. The minimum atomic E-state index is -4.47. The Labute approximate surface area is 195 Å².